The maximum absolute atomic E-state index is 6.40. The molecular weight excluding hydrogens is 554 g/mol. The summed E-state index contributed by atoms with van der Waals surface area (Å²) in [6.07, 6.45) is 2.35. The predicted molar refractivity (Wildman–Crippen MR) is 169 cm³/mol. The molecule has 1 unspecified atom stereocenters. The highest BCUT2D eigenvalue weighted by Crippen LogP contribution is 2.52. The Morgan fingerprint density at radius 1 is 0.756 bits per heavy atom. The van der Waals surface area contributed by atoms with Gasteiger partial charge in [-0.3, -0.25) is 9.05 Å². The molecule has 2 aliphatic heterocycles. The predicted octanol–water partition coefficient (Wildman–Crippen LogP) is 9.47. The van der Waals surface area contributed by atoms with E-state index >= 15 is 0 Å². The molecule has 0 amide bonds. The summed E-state index contributed by atoms with van der Waals surface area (Å²) in [6.45, 7) is 23.4. The summed E-state index contributed by atoms with van der Waals surface area (Å²) < 4.78 is 37.4. The monoisotopic (exact) mass is 604 g/mol. The van der Waals surface area contributed by atoms with Gasteiger partial charge in [0.25, 0.3) is 8.38 Å². The van der Waals surface area contributed by atoms with E-state index < -0.39 is 22.6 Å². The fourth-order valence-corrected chi connectivity index (χ4v) is 7.43. The second-order valence-corrected chi connectivity index (χ2v) is 16.9. The van der Waals surface area contributed by atoms with Gasteiger partial charge in [-0.05, 0) is 64.3 Å². The summed E-state index contributed by atoms with van der Waals surface area (Å²) in [5.41, 5.74) is 4.41. The summed E-state index contributed by atoms with van der Waals surface area (Å²) in [5, 5.41) is 0. The van der Waals surface area contributed by atoms with Gasteiger partial charge in [-0.25, -0.2) is 0 Å². The minimum atomic E-state index is -1.52. The third-order valence-electron chi connectivity index (χ3n) is 7.24. The zero-order chi connectivity index (χ0) is 30.0. The molecule has 6 nitrogen and oxygen atoms in total. The third-order valence-corrected chi connectivity index (χ3v) is 9.42. The Balaban J connectivity index is 1.34. The van der Waals surface area contributed by atoms with Crippen LogP contribution in [0.5, 0.6) is 11.5 Å². The van der Waals surface area contributed by atoms with Crippen LogP contribution in [0.15, 0.2) is 36.4 Å². The summed E-state index contributed by atoms with van der Waals surface area (Å²) in [7, 11) is -2.74. The molecule has 0 aromatic heterocycles. The molecule has 228 valence electrons. The zero-order valence-electron chi connectivity index (χ0n) is 26.7. The molecule has 0 aliphatic carbocycles. The molecule has 2 saturated heterocycles. The highest BCUT2D eigenvalue weighted by atomic mass is 31.2. The van der Waals surface area contributed by atoms with Crippen LogP contribution in [0, 0.1) is 11.8 Å². The molecule has 2 fully saturated rings. The van der Waals surface area contributed by atoms with E-state index in [0.29, 0.717) is 38.0 Å². The first-order chi connectivity index (χ1) is 19.1. The fraction of sp³-hybridized carbons (Fsp3) is 0.636. The van der Waals surface area contributed by atoms with Crippen LogP contribution in [0.25, 0.3) is 0 Å². The second-order valence-electron chi connectivity index (χ2n) is 14.4. The third kappa shape index (κ3) is 8.88. The van der Waals surface area contributed by atoms with Gasteiger partial charge in [-0.2, -0.15) is 0 Å². The SMILES string of the molecule is CC(C)Cc1ccc(OP2COC3(CO2)COP(Oc2ccc(C(C)(C)C)cc2CC(C)C)OC3)c(C(C)(C)C)c1. The van der Waals surface area contributed by atoms with Gasteiger partial charge in [-0.15, -0.1) is 0 Å². The van der Waals surface area contributed by atoms with E-state index in [1.54, 1.807) is 0 Å². The van der Waals surface area contributed by atoms with Crippen molar-refractivity contribution < 1.29 is 27.4 Å². The van der Waals surface area contributed by atoms with Crippen LogP contribution in [0.2, 0.25) is 0 Å². The molecule has 4 rings (SSSR count). The second kappa shape index (κ2) is 13.2. The van der Waals surface area contributed by atoms with Gasteiger partial charge in [-0.1, -0.05) is 93.5 Å². The highest BCUT2D eigenvalue weighted by Gasteiger charge is 2.45. The van der Waals surface area contributed by atoms with Crippen LogP contribution in [0.3, 0.4) is 0 Å². The van der Waals surface area contributed by atoms with Crippen molar-refractivity contribution >= 4 is 17.0 Å². The van der Waals surface area contributed by atoms with E-state index in [2.05, 4.69) is 106 Å². The molecule has 2 aromatic carbocycles. The maximum atomic E-state index is 6.40. The summed E-state index contributed by atoms with van der Waals surface area (Å²) >= 11 is 0. The first-order valence-corrected chi connectivity index (χ1v) is 17.3. The number of hydrogen-bond acceptors (Lipinski definition) is 6. The Labute approximate surface area is 250 Å². The molecule has 0 bridgehead atoms. The van der Waals surface area contributed by atoms with Crippen molar-refractivity contribution in [3.8, 4) is 11.5 Å². The number of benzene rings is 2. The molecular formula is C33H50O6P2. The molecule has 0 saturated carbocycles. The van der Waals surface area contributed by atoms with E-state index in [1.165, 1.54) is 22.3 Å². The number of hydrogen-bond donors (Lipinski definition) is 0. The smallest absolute Gasteiger partial charge is 0.397 e. The van der Waals surface area contributed by atoms with Crippen molar-refractivity contribution in [2.24, 2.45) is 11.8 Å². The molecule has 2 aliphatic rings. The highest BCUT2D eigenvalue weighted by molar-refractivity contribution is 7.47. The molecule has 2 aromatic rings. The molecule has 2 heterocycles. The topological polar surface area (TPSA) is 55.4 Å². The van der Waals surface area contributed by atoms with E-state index in [9.17, 15) is 0 Å². The normalized spacial score (nSPS) is 23.8. The molecule has 0 radical (unpaired) electrons. The lowest BCUT2D eigenvalue weighted by Crippen LogP contribution is -2.50. The van der Waals surface area contributed by atoms with Crippen molar-refractivity contribution in [3.05, 3.63) is 58.7 Å². The molecule has 41 heavy (non-hydrogen) atoms. The maximum Gasteiger partial charge on any atom is 0.397 e. The van der Waals surface area contributed by atoms with Crippen LogP contribution in [-0.4, -0.2) is 31.8 Å². The molecule has 0 N–H and O–H groups in total. The minimum Gasteiger partial charge on any atom is -0.445 e. The molecule has 8 heteroatoms. The summed E-state index contributed by atoms with van der Waals surface area (Å²) in [6, 6.07) is 13.0. The quantitative estimate of drug-likeness (QED) is 0.280. The first-order valence-electron chi connectivity index (χ1n) is 14.9. The lowest BCUT2D eigenvalue weighted by molar-refractivity contribution is -0.141. The molecule has 1 atom stereocenters. The van der Waals surface area contributed by atoms with Gasteiger partial charge in [0.1, 0.15) is 23.4 Å². The summed E-state index contributed by atoms with van der Waals surface area (Å²) in [4.78, 5) is 0. The van der Waals surface area contributed by atoms with E-state index in [0.717, 1.165) is 24.3 Å². The van der Waals surface area contributed by atoms with Gasteiger partial charge in [0.05, 0.1) is 19.8 Å². The van der Waals surface area contributed by atoms with Crippen molar-refractivity contribution in [3.63, 3.8) is 0 Å². The largest absolute Gasteiger partial charge is 0.445 e. The average molecular weight is 605 g/mol. The average Bonchev–Trinajstić information content (AvgIpc) is 2.87. The first kappa shape index (κ1) is 32.6. The van der Waals surface area contributed by atoms with Crippen LogP contribution < -0.4 is 9.05 Å². The van der Waals surface area contributed by atoms with E-state index in [1.807, 2.05) is 0 Å². The Morgan fingerprint density at radius 2 is 1.39 bits per heavy atom. The van der Waals surface area contributed by atoms with E-state index in [4.69, 9.17) is 27.4 Å². The number of rotatable bonds is 8. The van der Waals surface area contributed by atoms with Gasteiger partial charge in [0.2, 0.25) is 0 Å². The standard InChI is InChI=1S/C33H50O6P2/c1-23(2)15-25-11-13-30(28(17-25)32(8,9)10)38-40-22-34-33(19-35-40)20-36-41(37-21-33)39-29-14-12-27(31(5,6)7)18-26(29)16-24(3)4/h11-14,17-18,23-24H,15-16,19-22H2,1-10H3. The minimum absolute atomic E-state index is 0.0418. The van der Waals surface area contributed by atoms with Crippen LogP contribution in [0.1, 0.15) is 91.5 Å². The summed E-state index contributed by atoms with van der Waals surface area (Å²) in [5.74, 6) is 2.82. The Morgan fingerprint density at radius 3 is 1.95 bits per heavy atom. The van der Waals surface area contributed by atoms with Crippen LogP contribution in [0.4, 0.5) is 0 Å². The van der Waals surface area contributed by atoms with Gasteiger partial charge >= 0.3 is 8.60 Å². The zero-order valence-corrected chi connectivity index (χ0v) is 28.5. The van der Waals surface area contributed by atoms with Crippen molar-refractivity contribution in [2.75, 3.05) is 26.2 Å². The van der Waals surface area contributed by atoms with Crippen LogP contribution >= 0.6 is 17.0 Å². The van der Waals surface area contributed by atoms with Gasteiger partial charge in [0.15, 0.2) is 0 Å². The van der Waals surface area contributed by atoms with Gasteiger partial charge in [0, 0.05) is 5.56 Å². The molecule has 1 spiro atoms. The van der Waals surface area contributed by atoms with Crippen LogP contribution in [-0.2, 0) is 42.0 Å². The van der Waals surface area contributed by atoms with Gasteiger partial charge < -0.3 is 18.3 Å². The lowest BCUT2D eigenvalue weighted by Gasteiger charge is -2.42. The van der Waals surface area contributed by atoms with Crippen molar-refractivity contribution in [1.82, 2.24) is 0 Å². The Kier molecular flexibility index (Phi) is 10.5. The number of ether oxygens (including phenoxy) is 1. The Hall–Kier alpha value is -1.26. The lowest BCUT2D eigenvalue weighted by atomic mass is 9.84. The van der Waals surface area contributed by atoms with Crippen molar-refractivity contribution in [2.45, 2.75) is 98.5 Å². The van der Waals surface area contributed by atoms with Crippen molar-refractivity contribution in [1.29, 1.82) is 0 Å². The van der Waals surface area contributed by atoms with E-state index in [-0.39, 0.29) is 10.8 Å². The fourth-order valence-electron chi connectivity index (χ4n) is 4.92. The Bertz CT molecular complexity index is 1150.